The Morgan fingerprint density at radius 1 is 1.00 bits per heavy atom. The fourth-order valence-corrected chi connectivity index (χ4v) is 6.67. The summed E-state index contributed by atoms with van der Waals surface area (Å²) < 4.78 is 6.09. The van der Waals surface area contributed by atoms with Crippen molar-refractivity contribution in [1.82, 2.24) is 0 Å². The molecule has 2 saturated carbocycles. The molecule has 0 heterocycles. The average Bonchev–Trinajstić information content (AvgIpc) is 2.81. The number of hydrogen-bond donors (Lipinski definition) is 2. The van der Waals surface area contributed by atoms with Crippen LogP contribution in [-0.4, -0.2) is 11.1 Å². The lowest BCUT2D eigenvalue weighted by molar-refractivity contribution is 0.0698. The number of fused-ring (bicyclic) bond motifs is 2. The second-order valence-electron chi connectivity index (χ2n) is 10.8. The van der Waals surface area contributed by atoms with Crippen LogP contribution in [0.4, 0.5) is 11.4 Å². The van der Waals surface area contributed by atoms with Gasteiger partial charge in [0.25, 0.3) is 0 Å². The van der Waals surface area contributed by atoms with Crippen molar-refractivity contribution in [2.24, 2.45) is 17.8 Å². The number of benzene rings is 3. The van der Waals surface area contributed by atoms with Crippen molar-refractivity contribution < 1.29 is 14.6 Å². The molecule has 2 fully saturated rings. The summed E-state index contributed by atoms with van der Waals surface area (Å²) >= 11 is 6.70. The first-order valence-electron chi connectivity index (χ1n) is 12.5. The van der Waals surface area contributed by atoms with E-state index in [0.717, 1.165) is 23.4 Å². The lowest BCUT2D eigenvalue weighted by atomic mass is 9.57. The summed E-state index contributed by atoms with van der Waals surface area (Å²) in [6.07, 6.45) is 6.58. The molecule has 5 heteroatoms. The minimum atomic E-state index is -0.967. The second kappa shape index (κ2) is 9.58. The number of carboxylic acid groups (broad SMARTS) is 1. The van der Waals surface area contributed by atoms with Crippen LogP contribution in [0.2, 0.25) is 5.02 Å². The molecule has 182 valence electrons. The molecule has 3 aromatic carbocycles. The van der Waals surface area contributed by atoms with Crippen LogP contribution in [0.1, 0.15) is 61.9 Å². The number of para-hydroxylation sites is 1. The Hall–Kier alpha value is -2.98. The molecule has 2 N–H and O–H groups in total. The Labute approximate surface area is 212 Å². The average molecular weight is 490 g/mol. The number of rotatable bonds is 6. The van der Waals surface area contributed by atoms with Gasteiger partial charge < -0.3 is 15.2 Å². The molecule has 0 aliphatic heterocycles. The molecule has 0 spiro atoms. The smallest absolute Gasteiger partial charge is 0.337 e. The van der Waals surface area contributed by atoms with Gasteiger partial charge in [0.1, 0.15) is 11.5 Å². The molecule has 2 bridgehead atoms. The largest absolute Gasteiger partial charge is 0.478 e. The Bertz CT molecular complexity index is 1200. The zero-order chi connectivity index (χ0) is 24.6. The lowest BCUT2D eigenvalue weighted by Gasteiger charge is -2.47. The maximum Gasteiger partial charge on any atom is 0.337 e. The van der Waals surface area contributed by atoms with Gasteiger partial charge in [-0.3, -0.25) is 0 Å². The maximum absolute atomic E-state index is 11.4. The van der Waals surface area contributed by atoms with Crippen LogP contribution in [0.3, 0.4) is 0 Å². The van der Waals surface area contributed by atoms with Crippen LogP contribution in [0.25, 0.3) is 0 Å². The van der Waals surface area contributed by atoms with Gasteiger partial charge in [-0.25, -0.2) is 4.79 Å². The van der Waals surface area contributed by atoms with Gasteiger partial charge in [0.05, 0.1) is 16.3 Å². The van der Waals surface area contributed by atoms with Gasteiger partial charge >= 0.3 is 5.97 Å². The Balaban J connectivity index is 1.28. The van der Waals surface area contributed by atoms with Gasteiger partial charge in [-0.1, -0.05) is 43.6 Å². The van der Waals surface area contributed by atoms with Crippen molar-refractivity contribution in [3.05, 3.63) is 82.9 Å². The molecule has 0 radical (unpaired) electrons. The van der Waals surface area contributed by atoms with Gasteiger partial charge in [0.2, 0.25) is 0 Å². The maximum atomic E-state index is 11.4. The highest BCUT2D eigenvalue weighted by molar-refractivity contribution is 6.32. The molecule has 2 aliphatic carbocycles. The van der Waals surface area contributed by atoms with Gasteiger partial charge in [0, 0.05) is 5.69 Å². The second-order valence-corrected chi connectivity index (χ2v) is 11.2. The topological polar surface area (TPSA) is 58.6 Å². The van der Waals surface area contributed by atoms with E-state index >= 15 is 0 Å². The number of anilines is 2. The lowest BCUT2D eigenvalue weighted by Crippen LogP contribution is -2.38. The monoisotopic (exact) mass is 489 g/mol. The van der Waals surface area contributed by atoms with Gasteiger partial charge in [-0.15, -0.1) is 0 Å². The third-order valence-corrected chi connectivity index (χ3v) is 8.06. The van der Waals surface area contributed by atoms with Crippen LogP contribution >= 0.6 is 11.6 Å². The van der Waals surface area contributed by atoms with E-state index in [2.05, 4.69) is 31.3 Å². The predicted octanol–water partition coefficient (Wildman–Crippen LogP) is 8.68. The third kappa shape index (κ3) is 5.18. The van der Waals surface area contributed by atoms with E-state index in [-0.39, 0.29) is 11.0 Å². The summed E-state index contributed by atoms with van der Waals surface area (Å²) in [5.74, 6) is 2.85. The van der Waals surface area contributed by atoms with Crippen molar-refractivity contribution in [2.45, 2.75) is 51.4 Å². The quantitative estimate of drug-likeness (QED) is 0.363. The Morgan fingerprint density at radius 2 is 1.69 bits per heavy atom. The first-order chi connectivity index (χ1) is 16.8. The van der Waals surface area contributed by atoms with Crippen LogP contribution in [0.5, 0.6) is 11.5 Å². The van der Waals surface area contributed by atoms with Gasteiger partial charge in [-0.2, -0.15) is 0 Å². The molecule has 2 unspecified atom stereocenters. The normalized spacial score (nSPS) is 25.6. The predicted molar refractivity (Wildman–Crippen MR) is 141 cm³/mol. The van der Waals surface area contributed by atoms with E-state index in [0.29, 0.717) is 22.2 Å². The highest BCUT2D eigenvalue weighted by atomic mass is 35.5. The van der Waals surface area contributed by atoms with Crippen LogP contribution in [0, 0.1) is 17.8 Å². The molecule has 0 aromatic heterocycles. The van der Waals surface area contributed by atoms with E-state index in [1.807, 2.05) is 30.3 Å². The molecule has 3 aromatic rings. The molecule has 2 aliphatic rings. The van der Waals surface area contributed by atoms with Crippen molar-refractivity contribution in [1.29, 1.82) is 0 Å². The molecule has 2 atom stereocenters. The number of hydrogen-bond acceptors (Lipinski definition) is 3. The van der Waals surface area contributed by atoms with Crippen molar-refractivity contribution in [3.8, 4) is 11.5 Å². The molecular formula is C30H32ClNO3. The summed E-state index contributed by atoms with van der Waals surface area (Å²) in [7, 11) is 0. The number of halogens is 1. The van der Waals surface area contributed by atoms with Gasteiger partial charge in [0.15, 0.2) is 0 Å². The van der Waals surface area contributed by atoms with E-state index in [1.54, 1.807) is 24.3 Å². The summed E-state index contributed by atoms with van der Waals surface area (Å²) in [6, 6.07) is 20.5. The highest BCUT2D eigenvalue weighted by Crippen LogP contribution is 2.52. The zero-order valence-electron chi connectivity index (χ0n) is 20.3. The minimum Gasteiger partial charge on any atom is -0.478 e. The van der Waals surface area contributed by atoms with Gasteiger partial charge in [-0.05, 0) is 109 Å². The van der Waals surface area contributed by atoms with Crippen LogP contribution in [-0.2, 0) is 5.41 Å². The van der Waals surface area contributed by atoms with Crippen molar-refractivity contribution in [3.63, 3.8) is 0 Å². The van der Waals surface area contributed by atoms with Crippen molar-refractivity contribution in [2.75, 3.05) is 5.32 Å². The van der Waals surface area contributed by atoms with Crippen LogP contribution in [0.15, 0.2) is 66.7 Å². The summed E-state index contributed by atoms with van der Waals surface area (Å²) in [5.41, 5.74) is 3.04. The van der Waals surface area contributed by atoms with Crippen LogP contribution < -0.4 is 10.1 Å². The first-order valence-corrected chi connectivity index (χ1v) is 12.8. The zero-order valence-corrected chi connectivity index (χ0v) is 21.0. The molecule has 35 heavy (non-hydrogen) atoms. The number of aromatic carboxylic acids is 1. The third-order valence-electron chi connectivity index (χ3n) is 7.76. The molecule has 5 rings (SSSR count). The fraction of sp³-hybridized carbons (Fsp3) is 0.367. The summed E-state index contributed by atoms with van der Waals surface area (Å²) in [4.78, 5) is 11.4. The molecule has 0 amide bonds. The minimum absolute atomic E-state index is 0.176. The Morgan fingerprint density at radius 3 is 2.34 bits per heavy atom. The SMILES string of the molecule is CC1CC2CC(C1)CC(C)(c1ccc(Oc3ccc(Nc4ccccc4C(=O)O)cc3)c(Cl)c1)C2. The molecule has 0 saturated heterocycles. The number of ether oxygens (including phenoxy) is 1. The fourth-order valence-electron chi connectivity index (χ4n) is 6.45. The molecular weight excluding hydrogens is 458 g/mol. The van der Waals surface area contributed by atoms with E-state index in [1.165, 1.54) is 37.7 Å². The van der Waals surface area contributed by atoms with E-state index in [4.69, 9.17) is 16.3 Å². The number of carbonyl (C=O) groups is 1. The molecule has 4 nitrogen and oxygen atoms in total. The highest BCUT2D eigenvalue weighted by Gasteiger charge is 2.41. The van der Waals surface area contributed by atoms with Crippen molar-refractivity contribution >= 4 is 28.9 Å². The summed E-state index contributed by atoms with van der Waals surface area (Å²) in [6.45, 7) is 4.81. The number of carboxylic acids is 1. The standard InChI is InChI=1S/C30H32ClNO3/c1-19-13-20-15-21(14-19)18-30(2,17-20)22-7-12-28(26(31)16-22)35-24-10-8-23(9-11-24)32-27-6-4-3-5-25(27)29(33)34/h3-12,16,19-21,32H,13-15,17-18H2,1-2H3,(H,33,34). The first kappa shape index (κ1) is 23.7. The Kier molecular flexibility index (Phi) is 6.50. The van der Waals surface area contributed by atoms with E-state index < -0.39 is 5.97 Å². The van der Waals surface area contributed by atoms with E-state index in [9.17, 15) is 9.90 Å². The number of nitrogens with one attached hydrogen (secondary N) is 1. The summed E-state index contributed by atoms with van der Waals surface area (Å²) in [5, 5.41) is 13.2.